The summed E-state index contributed by atoms with van der Waals surface area (Å²) in [6.45, 7) is 1.53. The standard InChI is InChI=1S/C10H12F3NO2S/c1-6-2-3-7(17-6)4-14-5-8(9(15)16)10(11,12)13/h2-3,8,14H,4-5H2,1H3,(H,15,16). The lowest BCUT2D eigenvalue weighted by Gasteiger charge is -2.16. The van der Waals surface area contributed by atoms with Gasteiger partial charge in [0.1, 0.15) is 0 Å². The van der Waals surface area contributed by atoms with Gasteiger partial charge in [-0.1, -0.05) is 0 Å². The third-order valence-corrected chi connectivity index (χ3v) is 3.14. The van der Waals surface area contributed by atoms with E-state index in [1.54, 1.807) is 6.07 Å². The van der Waals surface area contributed by atoms with E-state index in [1.807, 2.05) is 13.0 Å². The number of carboxylic acids is 1. The Hall–Kier alpha value is -1.08. The second-order valence-corrected chi connectivity index (χ2v) is 4.95. The lowest BCUT2D eigenvalue weighted by atomic mass is 10.1. The second-order valence-electron chi connectivity index (χ2n) is 3.58. The number of carbonyl (C=O) groups is 1. The number of halogens is 3. The SMILES string of the molecule is Cc1ccc(CNCC(C(=O)O)C(F)(F)F)s1. The highest BCUT2D eigenvalue weighted by atomic mass is 32.1. The molecular weight excluding hydrogens is 255 g/mol. The van der Waals surface area contributed by atoms with Crippen LogP contribution in [0, 0.1) is 12.8 Å². The molecule has 0 bridgehead atoms. The Morgan fingerprint density at radius 3 is 2.59 bits per heavy atom. The van der Waals surface area contributed by atoms with E-state index in [1.165, 1.54) is 11.3 Å². The Bertz CT molecular complexity index is 389. The fraction of sp³-hybridized carbons (Fsp3) is 0.500. The van der Waals surface area contributed by atoms with Gasteiger partial charge in [0.2, 0.25) is 0 Å². The van der Waals surface area contributed by atoms with Crippen LogP contribution >= 0.6 is 11.3 Å². The molecule has 0 amide bonds. The molecule has 0 aliphatic heterocycles. The minimum absolute atomic E-state index is 0.248. The van der Waals surface area contributed by atoms with Crippen molar-refractivity contribution in [1.29, 1.82) is 0 Å². The van der Waals surface area contributed by atoms with Crippen LogP contribution in [0.4, 0.5) is 13.2 Å². The number of rotatable bonds is 5. The van der Waals surface area contributed by atoms with E-state index < -0.39 is 24.6 Å². The van der Waals surface area contributed by atoms with Gasteiger partial charge in [-0.15, -0.1) is 11.3 Å². The van der Waals surface area contributed by atoms with Crippen molar-refractivity contribution in [3.8, 4) is 0 Å². The highest BCUT2D eigenvalue weighted by Gasteiger charge is 2.44. The molecular formula is C10H12F3NO2S. The van der Waals surface area contributed by atoms with E-state index in [0.717, 1.165) is 9.75 Å². The lowest BCUT2D eigenvalue weighted by Crippen LogP contribution is -2.38. The van der Waals surface area contributed by atoms with E-state index in [4.69, 9.17) is 5.11 Å². The number of nitrogens with one attached hydrogen (secondary N) is 1. The van der Waals surface area contributed by atoms with Gasteiger partial charge in [-0.3, -0.25) is 4.79 Å². The summed E-state index contributed by atoms with van der Waals surface area (Å²) in [7, 11) is 0. The monoisotopic (exact) mass is 267 g/mol. The molecule has 0 aliphatic rings. The molecule has 1 heterocycles. The molecule has 0 aliphatic carbocycles. The maximum absolute atomic E-state index is 12.3. The second kappa shape index (κ2) is 5.50. The van der Waals surface area contributed by atoms with Crippen LogP contribution in [0.15, 0.2) is 12.1 Å². The zero-order chi connectivity index (χ0) is 13.1. The van der Waals surface area contributed by atoms with Crippen molar-refractivity contribution >= 4 is 17.3 Å². The van der Waals surface area contributed by atoms with Crippen LogP contribution in [0.25, 0.3) is 0 Å². The van der Waals surface area contributed by atoms with Gasteiger partial charge >= 0.3 is 12.1 Å². The van der Waals surface area contributed by atoms with Gasteiger partial charge in [0, 0.05) is 22.8 Å². The number of thiophene rings is 1. The molecule has 7 heteroatoms. The summed E-state index contributed by atoms with van der Waals surface area (Å²) in [5, 5.41) is 11.0. The molecule has 96 valence electrons. The predicted octanol–water partition coefficient (Wildman–Crippen LogP) is 2.41. The van der Waals surface area contributed by atoms with Crippen molar-refractivity contribution in [3.63, 3.8) is 0 Å². The lowest BCUT2D eigenvalue weighted by molar-refractivity contribution is -0.192. The van der Waals surface area contributed by atoms with Crippen molar-refractivity contribution < 1.29 is 23.1 Å². The summed E-state index contributed by atoms with van der Waals surface area (Å²) in [4.78, 5) is 12.4. The van der Waals surface area contributed by atoms with E-state index in [2.05, 4.69) is 5.32 Å². The van der Waals surface area contributed by atoms with E-state index >= 15 is 0 Å². The minimum Gasteiger partial charge on any atom is -0.481 e. The highest BCUT2D eigenvalue weighted by Crippen LogP contribution is 2.26. The number of carboxylic acid groups (broad SMARTS) is 1. The molecule has 0 fully saturated rings. The van der Waals surface area contributed by atoms with Crippen LogP contribution in [0.3, 0.4) is 0 Å². The Morgan fingerprint density at radius 2 is 2.18 bits per heavy atom. The molecule has 3 nitrogen and oxygen atoms in total. The molecule has 1 rings (SSSR count). The molecule has 17 heavy (non-hydrogen) atoms. The number of hydrogen-bond acceptors (Lipinski definition) is 3. The quantitative estimate of drug-likeness (QED) is 0.861. The first-order valence-corrected chi connectivity index (χ1v) is 5.68. The normalized spacial score (nSPS) is 13.6. The number of aliphatic carboxylic acids is 1. The molecule has 1 aromatic rings. The maximum atomic E-state index is 12.3. The third kappa shape index (κ3) is 4.35. The zero-order valence-electron chi connectivity index (χ0n) is 9.04. The number of aryl methyl sites for hydroxylation is 1. The van der Waals surface area contributed by atoms with Gasteiger partial charge in [-0.05, 0) is 19.1 Å². The van der Waals surface area contributed by atoms with Crippen LogP contribution in [0.2, 0.25) is 0 Å². The summed E-state index contributed by atoms with van der Waals surface area (Å²) in [6.07, 6.45) is -4.72. The Balaban J connectivity index is 2.46. The first kappa shape index (κ1) is 14.0. The van der Waals surface area contributed by atoms with Crippen molar-refractivity contribution in [3.05, 3.63) is 21.9 Å². The van der Waals surface area contributed by atoms with E-state index in [-0.39, 0.29) is 6.54 Å². The zero-order valence-corrected chi connectivity index (χ0v) is 9.86. The molecule has 0 aromatic carbocycles. The van der Waals surface area contributed by atoms with Crippen molar-refractivity contribution in [1.82, 2.24) is 5.32 Å². The average molecular weight is 267 g/mol. The number of alkyl halides is 3. The van der Waals surface area contributed by atoms with Crippen LogP contribution in [-0.2, 0) is 11.3 Å². The van der Waals surface area contributed by atoms with Gasteiger partial charge in [0.25, 0.3) is 0 Å². The van der Waals surface area contributed by atoms with E-state index in [9.17, 15) is 18.0 Å². The van der Waals surface area contributed by atoms with Gasteiger partial charge in [0.05, 0.1) is 0 Å². The van der Waals surface area contributed by atoms with Gasteiger partial charge in [0.15, 0.2) is 5.92 Å². The van der Waals surface area contributed by atoms with Crippen LogP contribution in [-0.4, -0.2) is 23.8 Å². The fourth-order valence-corrected chi connectivity index (χ4v) is 2.12. The van der Waals surface area contributed by atoms with E-state index in [0.29, 0.717) is 0 Å². The van der Waals surface area contributed by atoms with Crippen molar-refractivity contribution in [2.45, 2.75) is 19.6 Å². The van der Waals surface area contributed by atoms with Crippen LogP contribution < -0.4 is 5.32 Å². The molecule has 2 N–H and O–H groups in total. The van der Waals surface area contributed by atoms with Crippen LogP contribution in [0.5, 0.6) is 0 Å². The Morgan fingerprint density at radius 1 is 1.53 bits per heavy atom. The fourth-order valence-electron chi connectivity index (χ4n) is 1.26. The summed E-state index contributed by atoms with van der Waals surface area (Å²) in [6, 6.07) is 3.66. The number of hydrogen-bond donors (Lipinski definition) is 2. The summed E-state index contributed by atoms with van der Waals surface area (Å²) in [5.74, 6) is -4.21. The maximum Gasteiger partial charge on any atom is 0.403 e. The first-order chi connectivity index (χ1) is 7.80. The molecule has 0 spiro atoms. The molecule has 0 radical (unpaired) electrons. The molecule has 1 unspecified atom stereocenters. The molecule has 1 aromatic heterocycles. The van der Waals surface area contributed by atoms with Gasteiger partial charge in [-0.25, -0.2) is 0 Å². The summed E-state index contributed by atoms with van der Waals surface area (Å²) in [5.41, 5.74) is 0. The van der Waals surface area contributed by atoms with Crippen molar-refractivity contribution in [2.24, 2.45) is 5.92 Å². The van der Waals surface area contributed by atoms with Crippen molar-refractivity contribution in [2.75, 3.05) is 6.54 Å². The Kier molecular flexibility index (Phi) is 4.53. The largest absolute Gasteiger partial charge is 0.481 e. The average Bonchev–Trinajstić information content (AvgIpc) is 2.56. The summed E-state index contributed by atoms with van der Waals surface area (Å²) >= 11 is 1.46. The third-order valence-electron chi connectivity index (χ3n) is 2.14. The first-order valence-electron chi connectivity index (χ1n) is 4.86. The minimum atomic E-state index is -4.72. The molecule has 0 saturated heterocycles. The highest BCUT2D eigenvalue weighted by molar-refractivity contribution is 7.11. The summed E-state index contributed by atoms with van der Waals surface area (Å²) < 4.78 is 36.8. The molecule has 1 atom stereocenters. The predicted molar refractivity (Wildman–Crippen MR) is 57.9 cm³/mol. The Labute approximate surface area is 100 Å². The topological polar surface area (TPSA) is 49.3 Å². The van der Waals surface area contributed by atoms with Gasteiger partial charge in [-0.2, -0.15) is 13.2 Å². The smallest absolute Gasteiger partial charge is 0.403 e. The molecule has 0 saturated carbocycles. The van der Waals surface area contributed by atoms with Gasteiger partial charge < -0.3 is 10.4 Å². The van der Waals surface area contributed by atoms with Crippen LogP contribution in [0.1, 0.15) is 9.75 Å².